The Kier molecular flexibility index (Phi) is 5.43. The number of hydrogen-bond acceptors (Lipinski definition) is 5. The standard InChI is InChI=1S/C19H18ClN5O/c1-12-8-15(20)5-6-16(12)24-18(26)17-9-13(2)23-19(25-17)22-11-14-4-3-7-21-10-14/h3-10H,11H2,1-2H3,(H,24,26)(H,22,23,25). The van der Waals surface area contributed by atoms with Crippen LogP contribution in [0.1, 0.15) is 27.3 Å². The Hall–Kier alpha value is -2.99. The molecule has 2 aromatic heterocycles. The summed E-state index contributed by atoms with van der Waals surface area (Å²) < 4.78 is 0. The molecule has 6 nitrogen and oxygen atoms in total. The summed E-state index contributed by atoms with van der Waals surface area (Å²) >= 11 is 5.95. The molecule has 3 aromatic rings. The molecule has 26 heavy (non-hydrogen) atoms. The first-order valence-electron chi connectivity index (χ1n) is 8.07. The Balaban J connectivity index is 1.75. The summed E-state index contributed by atoms with van der Waals surface area (Å²) in [5, 5.41) is 6.60. The van der Waals surface area contributed by atoms with E-state index < -0.39 is 0 Å². The molecule has 132 valence electrons. The molecule has 0 atom stereocenters. The predicted molar refractivity (Wildman–Crippen MR) is 102 cm³/mol. The van der Waals surface area contributed by atoms with Crippen molar-refractivity contribution in [1.29, 1.82) is 0 Å². The number of benzene rings is 1. The molecule has 0 bridgehead atoms. The maximum Gasteiger partial charge on any atom is 0.274 e. The summed E-state index contributed by atoms with van der Waals surface area (Å²) in [4.78, 5) is 25.3. The number of anilines is 2. The number of hydrogen-bond donors (Lipinski definition) is 2. The van der Waals surface area contributed by atoms with Gasteiger partial charge >= 0.3 is 0 Å². The predicted octanol–water partition coefficient (Wildman–Crippen LogP) is 4.01. The van der Waals surface area contributed by atoms with Gasteiger partial charge in [0.15, 0.2) is 0 Å². The number of amides is 1. The topological polar surface area (TPSA) is 79.8 Å². The molecule has 0 radical (unpaired) electrons. The number of aryl methyl sites for hydroxylation is 2. The lowest BCUT2D eigenvalue weighted by Crippen LogP contribution is -2.16. The van der Waals surface area contributed by atoms with Gasteiger partial charge in [-0.15, -0.1) is 0 Å². The zero-order valence-corrected chi connectivity index (χ0v) is 15.2. The van der Waals surface area contributed by atoms with Crippen LogP contribution in [-0.2, 0) is 6.54 Å². The third-order valence-electron chi connectivity index (χ3n) is 3.70. The number of aromatic nitrogens is 3. The molecule has 0 unspecified atom stereocenters. The summed E-state index contributed by atoms with van der Waals surface area (Å²) in [5.74, 6) is 0.0946. The Morgan fingerprint density at radius 3 is 2.73 bits per heavy atom. The third kappa shape index (κ3) is 4.55. The summed E-state index contributed by atoms with van der Waals surface area (Å²) in [5.41, 5.74) is 3.57. The van der Waals surface area contributed by atoms with Gasteiger partial charge in [-0.3, -0.25) is 9.78 Å². The van der Waals surface area contributed by atoms with Crippen LogP contribution in [0.4, 0.5) is 11.6 Å². The first-order valence-corrected chi connectivity index (χ1v) is 8.45. The van der Waals surface area contributed by atoms with Gasteiger partial charge in [0.05, 0.1) is 0 Å². The molecule has 2 heterocycles. The van der Waals surface area contributed by atoms with Crippen LogP contribution in [0.25, 0.3) is 0 Å². The average molecular weight is 368 g/mol. The fourth-order valence-corrected chi connectivity index (χ4v) is 2.63. The van der Waals surface area contributed by atoms with Crippen molar-refractivity contribution in [1.82, 2.24) is 15.0 Å². The highest BCUT2D eigenvalue weighted by atomic mass is 35.5. The van der Waals surface area contributed by atoms with Crippen LogP contribution in [0.2, 0.25) is 5.02 Å². The summed E-state index contributed by atoms with van der Waals surface area (Å²) in [6.07, 6.45) is 3.48. The Morgan fingerprint density at radius 1 is 1.15 bits per heavy atom. The molecule has 1 aromatic carbocycles. The smallest absolute Gasteiger partial charge is 0.274 e. The van der Waals surface area contributed by atoms with Crippen molar-refractivity contribution in [2.75, 3.05) is 10.6 Å². The van der Waals surface area contributed by atoms with Crippen LogP contribution in [0, 0.1) is 13.8 Å². The number of rotatable bonds is 5. The molecule has 0 aliphatic rings. The molecular weight excluding hydrogens is 350 g/mol. The van der Waals surface area contributed by atoms with Crippen LogP contribution < -0.4 is 10.6 Å². The van der Waals surface area contributed by atoms with E-state index in [1.807, 2.05) is 26.0 Å². The van der Waals surface area contributed by atoms with Crippen LogP contribution in [0.5, 0.6) is 0 Å². The lowest BCUT2D eigenvalue weighted by atomic mass is 10.2. The quantitative estimate of drug-likeness (QED) is 0.712. The van der Waals surface area contributed by atoms with Gasteiger partial charge in [-0.1, -0.05) is 17.7 Å². The summed E-state index contributed by atoms with van der Waals surface area (Å²) in [7, 11) is 0. The van der Waals surface area contributed by atoms with E-state index in [0.717, 1.165) is 11.1 Å². The van der Waals surface area contributed by atoms with Gasteiger partial charge in [-0.2, -0.15) is 0 Å². The van der Waals surface area contributed by atoms with E-state index in [1.165, 1.54) is 0 Å². The van der Waals surface area contributed by atoms with E-state index in [0.29, 0.717) is 34.6 Å². The maximum absolute atomic E-state index is 12.6. The van der Waals surface area contributed by atoms with Crippen molar-refractivity contribution >= 4 is 29.1 Å². The maximum atomic E-state index is 12.6. The lowest BCUT2D eigenvalue weighted by Gasteiger charge is -2.10. The van der Waals surface area contributed by atoms with E-state index in [4.69, 9.17) is 11.6 Å². The highest BCUT2D eigenvalue weighted by molar-refractivity contribution is 6.30. The molecule has 0 saturated carbocycles. The van der Waals surface area contributed by atoms with Gasteiger partial charge in [0, 0.05) is 35.3 Å². The largest absolute Gasteiger partial charge is 0.350 e. The first-order chi connectivity index (χ1) is 12.5. The summed E-state index contributed by atoms with van der Waals surface area (Å²) in [6.45, 7) is 4.23. The third-order valence-corrected chi connectivity index (χ3v) is 3.93. The highest BCUT2D eigenvalue weighted by Gasteiger charge is 2.12. The first kappa shape index (κ1) is 17.8. The van der Waals surface area contributed by atoms with Crippen molar-refractivity contribution in [2.45, 2.75) is 20.4 Å². The summed E-state index contributed by atoms with van der Waals surface area (Å²) in [6, 6.07) is 10.8. The number of carbonyl (C=O) groups is 1. The second kappa shape index (κ2) is 7.93. The van der Waals surface area contributed by atoms with E-state index in [1.54, 1.807) is 36.7 Å². The second-order valence-electron chi connectivity index (χ2n) is 5.85. The van der Waals surface area contributed by atoms with Crippen molar-refractivity contribution < 1.29 is 4.79 Å². The molecular formula is C19H18ClN5O. The van der Waals surface area contributed by atoms with Crippen LogP contribution >= 0.6 is 11.6 Å². The molecule has 3 rings (SSSR count). The molecule has 2 N–H and O–H groups in total. The Labute approximate surface area is 156 Å². The lowest BCUT2D eigenvalue weighted by molar-refractivity contribution is 0.102. The van der Waals surface area contributed by atoms with E-state index in [2.05, 4.69) is 25.6 Å². The van der Waals surface area contributed by atoms with Crippen molar-refractivity contribution in [3.8, 4) is 0 Å². The van der Waals surface area contributed by atoms with Gasteiger partial charge in [0.2, 0.25) is 5.95 Å². The number of halogens is 1. The van der Waals surface area contributed by atoms with E-state index in [9.17, 15) is 4.79 Å². The molecule has 1 amide bonds. The van der Waals surface area contributed by atoms with E-state index in [-0.39, 0.29) is 5.91 Å². The number of carbonyl (C=O) groups excluding carboxylic acids is 1. The van der Waals surface area contributed by atoms with Gasteiger partial charge in [0.1, 0.15) is 5.69 Å². The molecule has 0 spiro atoms. The van der Waals surface area contributed by atoms with Gasteiger partial charge in [-0.05, 0) is 55.3 Å². The van der Waals surface area contributed by atoms with Crippen molar-refractivity contribution in [2.24, 2.45) is 0 Å². The van der Waals surface area contributed by atoms with Gasteiger partial charge in [0.25, 0.3) is 5.91 Å². The zero-order chi connectivity index (χ0) is 18.5. The minimum Gasteiger partial charge on any atom is -0.350 e. The Bertz CT molecular complexity index is 930. The second-order valence-corrected chi connectivity index (χ2v) is 6.28. The monoisotopic (exact) mass is 367 g/mol. The van der Waals surface area contributed by atoms with Crippen LogP contribution in [0.15, 0.2) is 48.8 Å². The average Bonchev–Trinajstić information content (AvgIpc) is 2.63. The normalized spacial score (nSPS) is 10.4. The molecule has 7 heteroatoms. The zero-order valence-electron chi connectivity index (χ0n) is 14.5. The van der Waals surface area contributed by atoms with Gasteiger partial charge < -0.3 is 10.6 Å². The molecule has 0 saturated heterocycles. The molecule has 0 aliphatic carbocycles. The fraction of sp³-hybridized carbons (Fsp3) is 0.158. The molecule has 0 aliphatic heterocycles. The SMILES string of the molecule is Cc1cc(C(=O)Nc2ccc(Cl)cc2C)nc(NCc2cccnc2)n1. The number of pyridine rings is 1. The number of nitrogens with one attached hydrogen (secondary N) is 2. The van der Waals surface area contributed by atoms with Crippen molar-refractivity contribution in [3.05, 3.63) is 76.3 Å². The van der Waals surface area contributed by atoms with E-state index >= 15 is 0 Å². The highest BCUT2D eigenvalue weighted by Crippen LogP contribution is 2.20. The fourth-order valence-electron chi connectivity index (χ4n) is 2.40. The van der Waals surface area contributed by atoms with Crippen LogP contribution in [0.3, 0.4) is 0 Å². The molecule has 0 fully saturated rings. The minimum atomic E-state index is -0.301. The van der Waals surface area contributed by atoms with Crippen LogP contribution in [-0.4, -0.2) is 20.9 Å². The van der Waals surface area contributed by atoms with Crippen molar-refractivity contribution in [3.63, 3.8) is 0 Å². The van der Waals surface area contributed by atoms with Gasteiger partial charge in [-0.25, -0.2) is 9.97 Å². The Morgan fingerprint density at radius 2 is 2.00 bits per heavy atom. The number of nitrogens with zero attached hydrogens (tertiary/aromatic N) is 3. The minimum absolute atomic E-state index is 0.292.